The van der Waals surface area contributed by atoms with Gasteiger partial charge in [-0.05, 0) is 13.3 Å². The molecule has 106 valence electrons. The molecule has 0 amide bonds. The Morgan fingerprint density at radius 3 is 2.80 bits per heavy atom. The van der Waals surface area contributed by atoms with Crippen molar-refractivity contribution in [2.45, 2.75) is 25.7 Å². The molecule has 1 heterocycles. The molecule has 0 saturated carbocycles. The van der Waals surface area contributed by atoms with Crippen molar-refractivity contribution in [3.63, 3.8) is 0 Å². The van der Waals surface area contributed by atoms with Crippen LogP contribution in [0.2, 0.25) is 0 Å². The molecule has 2 rings (SSSR count). The summed E-state index contributed by atoms with van der Waals surface area (Å²) in [6, 6.07) is 9.12. The topological polar surface area (TPSA) is 65.2 Å². The van der Waals surface area contributed by atoms with Gasteiger partial charge in [0.15, 0.2) is 11.6 Å². The van der Waals surface area contributed by atoms with Crippen LogP contribution in [0.3, 0.4) is 0 Å². The Morgan fingerprint density at radius 1 is 1.35 bits per heavy atom. The van der Waals surface area contributed by atoms with E-state index in [2.05, 4.69) is 10.1 Å². The lowest BCUT2D eigenvalue weighted by atomic mass is 9.99. The van der Waals surface area contributed by atoms with E-state index in [1.807, 2.05) is 18.2 Å². The van der Waals surface area contributed by atoms with Crippen molar-refractivity contribution in [1.29, 1.82) is 0 Å². The molecule has 0 fully saturated rings. The molecule has 5 heteroatoms. The van der Waals surface area contributed by atoms with Crippen LogP contribution in [0, 0.1) is 0 Å². The molecule has 0 aliphatic rings. The summed E-state index contributed by atoms with van der Waals surface area (Å²) in [5.41, 5.74) is 0.652. The maximum Gasteiger partial charge on any atom is 0.237 e. The summed E-state index contributed by atoms with van der Waals surface area (Å²) in [4.78, 5) is 16.5. The number of carbonyl (C=O) groups is 1. The molecule has 5 nitrogen and oxygen atoms in total. The van der Waals surface area contributed by atoms with Gasteiger partial charge in [-0.1, -0.05) is 35.5 Å². The highest BCUT2D eigenvalue weighted by Gasteiger charge is 2.22. The predicted molar refractivity (Wildman–Crippen MR) is 73.7 cm³/mol. The van der Waals surface area contributed by atoms with Gasteiger partial charge in [0, 0.05) is 25.7 Å². The van der Waals surface area contributed by atoms with Gasteiger partial charge in [-0.15, -0.1) is 0 Å². The van der Waals surface area contributed by atoms with E-state index in [1.54, 1.807) is 26.2 Å². The van der Waals surface area contributed by atoms with Gasteiger partial charge in [-0.25, -0.2) is 0 Å². The van der Waals surface area contributed by atoms with Crippen molar-refractivity contribution < 1.29 is 14.1 Å². The van der Waals surface area contributed by atoms with Crippen LogP contribution in [0.4, 0.5) is 0 Å². The van der Waals surface area contributed by atoms with E-state index in [0.717, 1.165) is 6.42 Å². The van der Waals surface area contributed by atoms with Gasteiger partial charge < -0.3 is 9.26 Å². The first kappa shape index (κ1) is 14.4. The summed E-state index contributed by atoms with van der Waals surface area (Å²) >= 11 is 0. The Kier molecular flexibility index (Phi) is 5.01. The summed E-state index contributed by atoms with van der Waals surface area (Å²) < 4.78 is 10.2. The van der Waals surface area contributed by atoms with Crippen molar-refractivity contribution in [1.82, 2.24) is 10.1 Å². The number of benzene rings is 1. The van der Waals surface area contributed by atoms with Gasteiger partial charge in [0.2, 0.25) is 5.89 Å². The van der Waals surface area contributed by atoms with E-state index < -0.39 is 5.92 Å². The van der Waals surface area contributed by atoms with Crippen molar-refractivity contribution in [2.75, 3.05) is 13.7 Å². The normalized spacial score (nSPS) is 12.3. The van der Waals surface area contributed by atoms with Gasteiger partial charge in [0.05, 0.1) is 5.92 Å². The zero-order valence-corrected chi connectivity index (χ0v) is 11.7. The van der Waals surface area contributed by atoms with Crippen LogP contribution >= 0.6 is 0 Å². The minimum atomic E-state index is -0.430. The number of ether oxygens (including phenoxy) is 1. The first-order chi connectivity index (χ1) is 9.72. The lowest BCUT2D eigenvalue weighted by molar-refractivity contribution is 0.0951. The third-order valence-electron chi connectivity index (χ3n) is 3.05. The average molecular weight is 274 g/mol. The van der Waals surface area contributed by atoms with Gasteiger partial charge in [-0.3, -0.25) is 4.79 Å². The molecule has 0 bridgehead atoms. The Balaban J connectivity index is 2.02. The largest absolute Gasteiger partial charge is 0.385 e. The smallest absolute Gasteiger partial charge is 0.237 e. The number of Topliss-reactive ketones (excluding diaryl/α,β-unsaturated/α-hetero) is 1. The molecule has 0 saturated heterocycles. The first-order valence-corrected chi connectivity index (χ1v) is 6.63. The molecule has 2 aromatic rings. The lowest BCUT2D eigenvalue weighted by Crippen LogP contribution is -2.10. The van der Waals surface area contributed by atoms with E-state index >= 15 is 0 Å². The van der Waals surface area contributed by atoms with E-state index in [0.29, 0.717) is 30.3 Å². The number of hydrogen-bond donors (Lipinski definition) is 0. The van der Waals surface area contributed by atoms with E-state index in [1.165, 1.54) is 0 Å². The molecule has 0 radical (unpaired) electrons. The second kappa shape index (κ2) is 6.96. The van der Waals surface area contributed by atoms with Crippen LogP contribution < -0.4 is 0 Å². The van der Waals surface area contributed by atoms with Crippen molar-refractivity contribution in [3.8, 4) is 0 Å². The Hall–Kier alpha value is -2.01. The molecular weight excluding hydrogens is 256 g/mol. The summed E-state index contributed by atoms with van der Waals surface area (Å²) in [6.45, 7) is 2.43. The number of nitrogens with zero attached hydrogens (tertiary/aromatic N) is 2. The average Bonchev–Trinajstić information content (AvgIpc) is 2.96. The SMILES string of the molecule is COCCCc1noc(C(C)C(=O)c2ccccc2)n1. The molecule has 1 aromatic heterocycles. The number of hydrogen-bond acceptors (Lipinski definition) is 5. The second-order valence-electron chi connectivity index (χ2n) is 4.60. The Labute approximate surface area is 118 Å². The maximum absolute atomic E-state index is 12.3. The maximum atomic E-state index is 12.3. The second-order valence-corrected chi connectivity index (χ2v) is 4.60. The van der Waals surface area contributed by atoms with Crippen LogP contribution in [0.25, 0.3) is 0 Å². The van der Waals surface area contributed by atoms with Gasteiger partial charge in [-0.2, -0.15) is 4.98 Å². The van der Waals surface area contributed by atoms with Crippen LogP contribution in [0.1, 0.15) is 41.3 Å². The molecule has 1 aromatic carbocycles. The minimum Gasteiger partial charge on any atom is -0.385 e. The highest BCUT2D eigenvalue weighted by molar-refractivity contribution is 6.00. The van der Waals surface area contributed by atoms with Crippen LogP contribution in [-0.4, -0.2) is 29.6 Å². The summed E-state index contributed by atoms with van der Waals surface area (Å²) in [5, 5.41) is 3.89. The van der Waals surface area contributed by atoms with Crippen molar-refractivity contribution >= 4 is 5.78 Å². The molecule has 20 heavy (non-hydrogen) atoms. The number of rotatable bonds is 7. The monoisotopic (exact) mass is 274 g/mol. The first-order valence-electron chi connectivity index (χ1n) is 6.63. The zero-order valence-electron chi connectivity index (χ0n) is 11.7. The Bertz CT molecular complexity index is 551. The highest BCUT2D eigenvalue weighted by Crippen LogP contribution is 2.19. The molecule has 0 spiro atoms. The summed E-state index contributed by atoms with van der Waals surface area (Å²) in [5.74, 6) is 0.537. The fourth-order valence-corrected chi connectivity index (χ4v) is 1.88. The third-order valence-corrected chi connectivity index (χ3v) is 3.05. The van der Waals surface area contributed by atoms with Gasteiger partial charge >= 0.3 is 0 Å². The van der Waals surface area contributed by atoms with E-state index in [9.17, 15) is 4.79 Å². The standard InChI is InChI=1S/C15H18N2O3/c1-11(14(18)12-7-4-3-5-8-12)15-16-13(17-20-15)9-6-10-19-2/h3-5,7-8,11H,6,9-10H2,1-2H3. The predicted octanol–water partition coefficient (Wildman–Crippen LogP) is 2.64. The van der Waals surface area contributed by atoms with E-state index in [4.69, 9.17) is 9.26 Å². The fourth-order valence-electron chi connectivity index (χ4n) is 1.88. The highest BCUT2D eigenvalue weighted by atomic mass is 16.5. The third kappa shape index (κ3) is 3.51. The van der Waals surface area contributed by atoms with Crippen LogP contribution in [-0.2, 0) is 11.2 Å². The quantitative estimate of drug-likeness (QED) is 0.573. The molecule has 0 N–H and O–H groups in total. The van der Waals surface area contributed by atoms with Crippen LogP contribution in [0.5, 0.6) is 0 Å². The number of aromatic nitrogens is 2. The number of methoxy groups -OCH3 is 1. The van der Waals surface area contributed by atoms with Gasteiger partial charge in [0.25, 0.3) is 0 Å². The molecule has 1 atom stereocenters. The molecule has 1 unspecified atom stereocenters. The fraction of sp³-hybridized carbons (Fsp3) is 0.400. The lowest BCUT2D eigenvalue weighted by Gasteiger charge is -2.04. The van der Waals surface area contributed by atoms with Gasteiger partial charge in [0.1, 0.15) is 0 Å². The van der Waals surface area contributed by atoms with Crippen molar-refractivity contribution in [2.24, 2.45) is 0 Å². The Morgan fingerprint density at radius 2 is 2.10 bits per heavy atom. The molecule has 0 aliphatic carbocycles. The van der Waals surface area contributed by atoms with Crippen LogP contribution in [0.15, 0.2) is 34.9 Å². The zero-order chi connectivity index (χ0) is 14.4. The van der Waals surface area contributed by atoms with E-state index in [-0.39, 0.29) is 5.78 Å². The van der Waals surface area contributed by atoms with Crippen molar-refractivity contribution in [3.05, 3.63) is 47.6 Å². The number of aryl methyl sites for hydroxylation is 1. The molecular formula is C15H18N2O3. The minimum absolute atomic E-state index is 0.0160. The number of carbonyl (C=O) groups excluding carboxylic acids is 1. The number of ketones is 1. The summed E-state index contributed by atoms with van der Waals surface area (Å²) in [6.07, 6.45) is 1.51. The summed E-state index contributed by atoms with van der Waals surface area (Å²) in [7, 11) is 1.66. The molecule has 0 aliphatic heterocycles.